The molecule has 0 heterocycles. The van der Waals surface area contributed by atoms with E-state index >= 15 is 0 Å². The lowest BCUT2D eigenvalue weighted by Gasteiger charge is -2.11. The molecule has 114 valence electrons. The summed E-state index contributed by atoms with van der Waals surface area (Å²) in [6.07, 6.45) is 0. The van der Waals surface area contributed by atoms with Gasteiger partial charge >= 0.3 is 0 Å². The molecular formula is C15H13BrN2O3S. The number of hydrogen-bond acceptors (Lipinski definition) is 4. The first kappa shape index (κ1) is 16.3. The van der Waals surface area contributed by atoms with Crippen LogP contribution in [0.3, 0.4) is 0 Å². The van der Waals surface area contributed by atoms with Gasteiger partial charge in [-0.15, -0.1) is 0 Å². The third-order valence-electron chi connectivity index (χ3n) is 2.59. The number of hydrogen-bond donors (Lipinski definition) is 3. The molecule has 2 rings (SSSR count). The van der Waals surface area contributed by atoms with Gasteiger partial charge in [0.05, 0.1) is 5.69 Å². The normalized spacial score (nSPS) is 9.86. The quantitative estimate of drug-likeness (QED) is 0.561. The van der Waals surface area contributed by atoms with Crippen molar-refractivity contribution in [1.29, 1.82) is 0 Å². The monoisotopic (exact) mass is 380 g/mol. The van der Waals surface area contributed by atoms with Crippen LogP contribution in [0.2, 0.25) is 0 Å². The van der Waals surface area contributed by atoms with Crippen LogP contribution in [0.15, 0.2) is 53.0 Å². The lowest BCUT2D eigenvalue weighted by Crippen LogP contribution is -2.37. The highest BCUT2D eigenvalue weighted by molar-refractivity contribution is 9.10. The van der Waals surface area contributed by atoms with Crippen molar-refractivity contribution in [3.8, 4) is 11.5 Å². The molecule has 0 aliphatic carbocycles. The maximum atomic E-state index is 11.7. The number of halogens is 1. The van der Waals surface area contributed by atoms with Crippen molar-refractivity contribution in [3.63, 3.8) is 0 Å². The average molecular weight is 381 g/mol. The largest absolute Gasteiger partial charge is 0.506 e. The number of carbonyl (C=O) groups excluding carboxylic acids is 1. The second-order valence-corrected chi connectivity index (χ2v) is 5.59. The number of amides is 1. The topological polar surface area (TPSA) is 70.6 Å². The van der Waals surface area contributed by atoms with Crippen LogP contribution < -0.4 is 15.4 Å². The molecule has 0 saturated heterocycles. The van der Waals surface area contributed by atoms with Gasteiger partial charge in [-0.1, -0.05) is 28.1 Å². The Morgan fingerprint density at radius 2 is 1.86 bits per heavy atom. The molecule has 7 heteroatoms. The van der Waals surface area contributed by atoms with Gasteiger partial charge in [-0.25, -0.2) is 0 Å². The van der Waals surface area contributed by atoms with Crippen molar-refractivity contribution in [2.24, 2.45) is 0 Å². The van der Waals surface area contributed by atoms with Gasteiger partial charge in [-0.2, -0.15) is 0 Å². The Labute approximate surface area is 141 Å². The van der Waals surface area contributed by atoms with Gasteiger partial charge < -0.3 is 15.2 Å². The fourth-order valence-corrected chi connectivity index (χ4v) is 2.06. The van der Waals surface area contributed by atoms with Gasteiger partial charge in [0.1, 0.15) is 11.5 Å². The summed E-state index contributed by atoms with van der Waals surface area (Å²) >= 11 is 8.32. The number of thiocarbonyl (C=S) groups is 1. The van der Waals surface area contributed by atoms with Crippen LogP contribution in [0.25, 0.3) is 0 Å². The van der Waals surface area contributed by atoms with Crippen LogP contribution in [-0.2, 0) is 4.79 Å². The van der Waals surface area contributed by atoms with Crippen molar-refractivity contribution in [2.45, 2.75) is 0 Å². The molecule has 1 amide bonds. The first-order valence-corrected chi connectivity index (χ1v) is 7.52. The number of para-hydroxylation sites is 2. The van der Waals surface area contributed by atoms with Crippen molar-refractivity contribution in [3.05, 3.63) is 53.0 Å². The van der Waals surface area contributed by atoms with Gasteiger partial charge in [-0.05, 0) is 48.6 Å². The molecule has 5 nitrogen and oxygen atoms in total. The van der Waals surface area contributed by atoms with E-state index in [0.29, 0.717) is 11.4 Å². The summed E-state index contributed by atoms with van der Waals surface area (Å²) in [6.45, 7) is -0.162. The number of phenols is 1. The second kappa shape index (κ2) is 7.77. The highest BCUT2D eigenvalue weighted by atomic mass is 79.9. The number of ether oxygens (including phenoxy) is 1. The molecule has 0 aliphatic rings. The fraction of sp³-hybridized carbons (Fsp3) is 0.0667. The Morgan fingerprint density at radius 1 is 1.18 bits per heavy atom. The summed E-state index contributed by atoms with van der Waals surface area (Å²) in [5, 5.41) is 14.9. The van der Waals surface area contributed by atoms with Gasteiger partial charge in [0.2, 0.25) is 0 Å². The Hall–Kier alpha value is -2.12. The Balaban J connectivity index is 1.80. The van der Waals surface area contributed by atoms with E-state index in [1.807, 2.05) is 12.1 Å². The van der Waals surface area contributed by atoms with E-state index in [1.165, 1.54) is 6.07 Å². The number of phenolic OH excluding ortho intramolecular Hbond substituents is 1. The van der Waals surface area contributed by atoms with Gasteiger partial charge in [0.15, 0.2) is 11.7 Å². The number of benzene rings is 2. The first-order chi connectivity index (χ1) is 10.5. The predicted molar refractivity (Wildman–Crippen MR) is 92.1 cm³/mol. The molecule has 0 aromatic heterocycles. The highest BCUT2D eigenvalue weighted by Crippen LogP contribution is 2.21. The van der Waals surface area contributed by atoms with Crippen LogP contribution in [0.4, 0.5) is 5.69 Å². The molecule has 0 bridgehead atoms. The van der Waals surface area contributed by atoms with E-state index in [9.17, 15) is 9.90 Å². The van der Waals surface area contributed by atoms with E-state index in [-0.39, 0.29) is 17.5 Å². The molecule has 0 radical (unpaired) electrons. The number of aromatic hydroxyl groups is 1. The summed E-state index contributed by atoms with van der Waals surface area (Å²) in [7, 11) is 0. The molecule has 0 spiro atoms. The minimum atomic E-state index is -0.393. The zero-order valence-corrected chi connectivity index (χ0v) is 13.8. The molecule has 0 unspecified atom stereocenters. The van der Waals surface area contributed by atoms with E-state index in [2.05, 4.69) is 26.6 Å². The summed E-state index contributed by atoms with van der Waals surface area (Å²) in [6, 6.07) is 13.7. The average Bonchev–Trinajstić information content (AvgIpc) is 2.49. The van der Waals surface area contributed by atoms with Crippen molar-refractivity contribution in [1.82, 2.24) is 5.32 Å². The number of rotatable bonds is 4. The number of carbonyl (C=O) groups is 1. The Morgan fingerprint density at radius 3 is 2.55 bits per heavy atom. The summed E-state index contributed by atoms with van der Waals surface area (Å²) < 4.78 is 6.26. The minimum absolute atomic E-state index is 0.0465. The van der Waals surface area contributed by atoms with Crippen LogP contribution in [0.5, 0.6) is 11.5 Å². The van der Waals surface area contributed by atoms with Crippen molar-refractivity contribution >= 4 is 44.9 Å². The SMILES string of the molecule is O=C(COc1ccc(Br)cc1)NC(=S)Nc1ccccc1O. The predicted octanol–water partition coefficient (Wildman–Crippen LogP) is 3.05. The molecule has 2 aromatic carbocycles. The summed E-state index contributed by atoms with van der Waals surface area (Å²) in [5.74, 6) is 0.235. The van der Waals surface area contributed by atoms with E-state index in [1.54, 1.807) is 30.3 Å². The molecule has 2 aromatic rings. The standard InChI is InChI=1S/C15H13BrN2O3S/c16-10-5-7-11(8-6-10)21-9-14(20)18-15(22)17-12-3-1-2-4-13(12)19/h1-8,19H,9H2,(H2,17,18,20,22). The molecule has 0 saturated carbocycles. The zero-order valence-electron chi connectivity index (χ0n) is 11.4. The molecule has 0 aliphatic heterocycles. The maximum absolute atomic E-state index is 11.7. The molecule has 0 atom stereocenters. The lowest BCUT2D eigenvalue weighted by molar-refractivity contribution is -0.121. The van der Waals surface area contributed by atoms with Crippen LogP contribution in [-0.4, -0.2) is 22.7 Å². The summed E-state index contributed by atoms with van der Waals surface area (Å²) in [5.41, 5.74) is 0.418. The third-order valence-corrected chi connectivity index (χ3v) is 3.32. The molecule has 22 heavy (non-hydrogen) atoms. The summed E-state index contributed by atoms with van der Waals surface area (Å²) in [4.78, 5) is 11.7. The zero-order chi connectivity index (χ0) is 15.9. The number of nitrogens with one attached hydrogen (secondary N) is 2. The fourth-order valence-electron chi connectivity index (χ4n) is 1.58. The van der Waals surface area contributed by atoms with Gasteiger partial charge in [-0.3, -0.25) is 10.1 Å². The van der Waals surface area contributed by atoms with Crippen LogP contribution in [0, 0.1) is 0 Å². The maximum Gasteiger partial charge on any atom is 0.264 e. The second-order valence-electron chi connectivity index (χ2n) is 4.26. The Bertz CT molecular complexity index is 677. The van der Waals surface area contributed by atoms with E-state index in [4.69, 9.17) is 17.0 Å². The number of anilines is 1. The molecular weight excluding hydrogens is 368 g/mol. The first-order valence-electron chi connectivity index (χ1n) is 6.32. The van der Waals surface area contributed by atoms with Crippen LogP contribution >= 0.6 is 28.1 Å². The van der Waals surface area contributed by atoms with Crippen LogP contribution in [0.1, 0.15) is 0 Å². The molecule has 3 N–H and O–H groups in total. The van der Waals surface area contributed by atoms with Gasteiger partial charge in [0.25, 0.3) is 5.91 Å². The van der Waals surface area contributed by atoms with Crippen molar-refractivity contribution in [2.75, 3.05) is 11.9 Å². The third kappa shape index (κ3) is 5.01. The minimum Gasteiger partial charge on any atom is -0.506 e. The lowest BCUT2D eigenvalue weighted by atomic mass is 10.3. The van der Waals surface area contributed by atoms with Gasteiger partial charge in [0, 0.05) is 4.47 Å². The van der Waals surface area contributed by atoms with E-state index in [0.717, 1.165) is 4.47 Å². The highest BCUT2D eigenvalue weighted by Gasteiger charge is 2.07. The smallest absolute Gasteiger partial charge is 0.264 e. The van der Waals surface area contributed by atoms with E-state index < -0.39 is 5.91 Å². The molecule has 0 fully saturated rings. The van der Waals surface area contributed by atoms with Crippen molar-refractivity contribution < 1.29 is 14.6 Å². The Kier molecular flexibility index (Phi) is 5.74.